The molecule has 0 heterocycles. The maximum absolute atomic E-state index is 6.20. The zero-order valence-electron chi connectivity index (χ0n) is 19.0. The van der Waals surface area contributed by atoms with Gasteiger partial charge in [-0.25, -0.2) is 0 Å². The Bertz CT molecular complexity index is 1080. The van der Waals surface area contributed by atoms with Crippen LogP contribution < -0.4 is 15.4 Å². The van der Waals surface area contributed by atoms with Gasteiger partial charge in [-0.05, 0) is 66.9 Å². The van der Waals surface area contributed by atoms with E-state index in [0.29, 0.717) is 0 Å². The first kappa shape index (κ1) is 22.8. The van der Waals surface area contributed by atoms with Crippen molar-refractivity contribution >= 4 is 0 Å². The van der Waals surface area contributed by atoms with Gasteiger partial charge in [0.2, 0.25) is 0 Å². The molecule has 3 nitrogen and oxygen atoms in total. The van der Waals surface area contributed by atoms with Crippen LogP contribution in [0, 0.1) is 0 Å². The number of ether oxygens (including phenoxy) is 1. The molecule has 4 aromatic carbocycles. The van der Waals surface area contributed by atoms with Crippen LogP contribution in [0.1, 0.15) is 22.3 Å². The van der Waals surface area contributed by atoms with Gasteiger partial charge in [-0.2, -0.15) is 0 Å². The van der Waals surface area contributed by atoms with Crippen molar-refractivity contribution in [1.29, 1.82) is 0 Å². The van der Waals surface area contributed by atoms with Crippen molar-refractivity contribution in [3.8, 4) is 11.5 Å². The normalized spacial score (nSPS) is 10.8. The molecule has 0 radical (unpaired) electrons. The van der Waals surface area contributed by atoms with Gasteiger partial charge >= 0.3 is 0 Å². The summed E-state index contributed by atoms with van der Waals surface area (Å²) in [4.78, 5) is 0. The lowest BCUT2D eigenvalue weighted by atomic mass is 10.1. The molecule has 0 unspecified atom stereocenters. The molecule has 0 aliphatic carbocycles. The average molecular weight is 437 g/mol. The van der Waals surface area contributed by atoms with E-state index in [-0.39, 0.29) is 0 Å². The van der Waals surface area contributed by atoms with Crippen LogP contribution in [0.4, 0.5) is 0 Å². The summed E-state index contributed by atoms with van der Waals surface area (Å²) < 4.78 is 6.20. The second-order valence-electron chi connectivity index (χ2n) is 8.18. The smallest absolute Gasteiger partial charge is 0.131 e. The lowest BCUT2D eigenvalue weighted by Crippen LogP contribution is -2.19. The molecular weight excluding hydrogens is 404 g/mol. The fourth-order valence-corrected chi connectivity index (χ4v) is 3.81. The highest BCUT2D eigenvalue weighted by atomic mass is 16.5. The zero-order chi connectivity index (χ0) is 22.6. The number of nitrogens with one attached hydrogen (secondary N) is 2. The summed E-state index contributed by atoms with van der Waals surface area (Å²) in [6, 6.07) is 37.7. The molecule has 0 atom stereocenters. The summed E-state index contributed by atoms with van der Waals surface area (Å²) in [5.41, 5.74) is 5.15. The van der Waals surface area contributed by atoms with Gasteiger partial charge in [-0.1, -0.05) is 84.9 Å². The van der Waals surface area contributed by atoms with Gasteiger partial charge in [0, 0.05) is 18.7 Å². The Morgan fingerprint density at radius 2 is 1.06 bits per heavy atom. The molecule has 0 fully saturated rings. The minimum atomic E-state index is 0.771. The van der Waals surface area contributed by atoms with E-state index in [9.17, 15) is 0 Å². The van der Waals surface area contributed by atoms with Crippen molar-refractivity contribution < 1.29 is 4.74 Å². The molecule has 4 rings (SSSR count). The van der Waals surface area contributed by atoms with Gasteiger partial charge < -0.3 is 15.4 Å². The minimum Gasteiger partial charge on any atom is -0.457 e. The zero-order valence-corrected chi connectivity index (χ0v) is 19.0. The highest BCUT2D eigenvalue weighted by Crippen LogP contribution is 2.26. The van der Waals surface area contributed by atoms with E-state index in [4.69, 9.17) is 4.74 Å². The van der Waals surface area contributed by atoms with Crippen LogP contribution in [-0.2, 0) is 25.9 Å². The molecule has 4 aromatic rings. The second-order valence-corrected chi connectivity index (χ2v) is 8.18. The molecular formula is C30H32N2O. The number of para-hydroxylation sites is 1. The molecule has 33 heavy (non-hydrogen) atoms. The molecule has 2 N–H and O–H groups in total. The maximum atomic E-state index is 6.20. The molecule has 0 amide bonds. The highest BCUT2D eigenvalue weighted by molar-refractivity contribution is 5.40. The van der Waals surface area contributed by atoms with Crippen molar-refractivity contribution in [2.75, 3.05) is 13.1 Å². The van der Waals surface area contributed by atoms with E-state index in [2.05, 4.69) is 89.5 Å². The van der Waals surface area contributed by atoms with E-state index in [0.717, 1.165) is 50.5 Å². The minimum absolute atomic E-state index is 0.771. The van der Waals surface area contributed by atoms with Crippen LogP contribution in [0.3, 0.4) is 0 Å². The van der Waals surface area contributed by atoms with Gasteiger partial charge in [0.25, 0.3) is 0 Å². The van der Waals surface area contributed by atoms with Crippen molar-refractivity contribution in [1.82, 2.24) is 10.6 Å². The Balaban J connectivity index is 1.35. The van der Waals surface area contributed by atoms with Crippen molar-refractivity contribution in [2.45, 2.75) is 25.9 Å². The van der Waals surface area contributed by atoms with Gasteiger partial charge in [-0.15, -0.1) is 0 Å². The van der Waals surface area contributed by atoms with E-state index >= 15 is 0 Å². The largest absolute Gasteiger partial charge is 0.457 e. The Labute approximate surface area is 197 Å². The highest BCUT2D eigenvalue weighted by Gasteiger charge is 2.07. The van der Waals surface area contributed by atoms with Crippen molar-refractivity contribution in [3.63, 3.8) is 0 Å². The second kappa shape index (κ2) is 12.6. The van der Waals surface area contributed by atoms with Gasteiger partial charge in [0.15, 0.2) is 0 Å². The molecule has 0 aromatic heterocycles. The van der Waals surface area contributed by atoms with E-state index in [1.165, 1.54) is 22.3 Å². The van der Waals surface area contributed by atoms with E-state index in [1.54, 1.807) is 0 Å². The number of hydrogen-bond donors (Lipinski definition) is 2. The molecule has 3 heteroatoms. The van der Waals surface area contributed by atoms with Gasteiger partial charge in [-0.3, -0.25) is 0 Å². The monoisotopic (exact) mass is 436 g/mol. The van der Waals surface area contributed by atoms with Crippen LogP contribution in [0.2, 0.25) is 0 Å². The third-order valence-corrected chi connectivity index (χ3v) is 5.61. The third-order valence-electron chi connectivity index (χ3n) is 5.61. The Kier molecular flexibility index (Phi) is 8.69. The van der Waals surface area contributed by atoms with Crippen LogP contribution in [-0.4, -0.2) is 13.1 Å². The van der Waals surface area contributed by atoms with Crippen molar-refractivity contribution in [3.05, 3.63) is 131 Å². The molecule has 168 valence electrons. The first-order valence-corrected chi connectivity index (χ1v) is 11.7. The van der Waals surface area contributed by atoms with E-state index in [1.807, 2.05) is 30.3 Å². The lowest BCUT2D eigenvalue weighted by Gasteiger charge is -2.14. The van der Waals surface area contributed by atoms with Crippen LogP contribution in [0.5, 0.6) is 11.5 Å². The number of rotatable bonds is 12. The third kappa shape index (κ3) is 7.60. The first-order chi connectivity index (χ1) is 16.4. The summed E-state index contributed by atoms with van der Waals surface area (Å²) in [5.74, 6) is 1.76. The molecule has 0 bridgehead atoms. The molecule has 0 saturated heterocycles. The Morgan fingerprint density at radius 3 is 1.67 bits per heavy atom. The van der Waals surface area contributed by atoms with Gasteiger partial charge in [0.1, 0.15) is 11.5 Å². The predicted molar refractivity (Wildman–Crippen MR) is 137 cm³/mol. The topological polar surface area (TPSA) is 33.3 Å². The molecule has 0 saturated carbocycles. The lowest BCUT2D eigenvalue weighted by molar-refractivity contribution is 0.472. The Hall–Kier alpha value is -3.40. The van der Waals surface area contributed by atoms with E-state index < -0.39 is 0 Å². The van der Waals surface area contributed by atoms with Crippen LogP contribution >= 0.6 is 0 Å². The average Bonchev–Trinajstić information content (AvgIpc) is 2.87. The number of benzene rings is 4. The predicted octanol–water partition coefficient (Wildman–Crippen LogP) is 6.14. The van der Waals surface area contributed by atoms with Crippen LogP contribution in [0.15, 0.2) is 109 Å². The van der Waals surface area contributed by atoms with Crippen LogP contribution in [0.25, 0.3) is 0 Å². The maximum Gasteiger partial charge on any atom is 0.131 e. The summed E-state index contributed by atoms with van der Waals surface area (Å²) >= 11 is 0. The first-order valence-electron chi connectivity index (χ1n) is 11.7. The van der Waals surface area contributed by atoms with Crippen molar-refractivity contribution in [2.24, 2.45) is 0 Å². The molecule has 0 aliphatic rings. The fraction of sp³-hybridized carbons (Fsp3) is 0.200. The standard InChI is InChI=1S/C30H32N2O/c1-4-10-25(11-5-1)18-20-31-23-27-16-17-30(33-29-14-8-3-9-15-29)28(22-27)24-32-21-19-26-12-6-2-7-13-26/h1-17,22,31-32H,18-21,23-24H2. The summed E-state index contributed by atoms with van der Waals surface area (Å²) in [6.07, 6.45) is 2.04. The van der Waals surface area contributed by atoms with Gasteiger partial charge in [0.05, 0.1) is 0 Å². The number of hydrogen-bond acceptors (Lipinski definition) is 3. The SMILES string of the molecule is c1ccc(CCNCc2ccc(Oc3ccccc3)c(CNCCc3ccccc3)c2)cc1. The Morgan fingerprint density at radius 1 is 0.515 bits per heavy atom. The quantitative estimate of drug-likeness (QED) is 0.262. The molecule has 0 spiro atoms. The summed E-state index contributed by atoms with van der Waals surface area (Å²) in [6.45, 7) is 3.49. The fourth-order valence-electron chi connectivity index (χ4n) is 3.81. The molecule has 0 aliphatic heterocycles. The summed E-state index contributed by atoms with van der Waals surface area (Å²) in [5, 5.41) is 7.17. The summed E-state index contributed by atoms with van der Waals surface area (Å²) in [7, 11) is 0.